The van der Waals surface area contributed by atoms with Crippen LogP contribution in [0.15, 0.2) is 60.7 Å². The van der Waals surface area contributed by atoms with Crippen LogP contribution in [-0.2, 0) is 0 Å². The Hall–Kier alpha value is -1.60. The predicted octanol–water partition coefficient (Wildman–Crippen LogP) is 3.84. The Balaban J connectivity index is 2.49. The minimum Gasteiger partial charge on any atom is -0.396 e. The fourth-order valence-electron chi connectivity index (χ4n) is 2.48. The molecule has 0 aliphatic heterocycles. The monoisotopic (exact) mass is 240 g/mol. The summed E-state index contributed by atoms with van der Waals surface area (Å²) in [4.78, 5) is 0. The fraction of sp³-hybridized carbons (Fsp3) is 0.294. The molecule has 0 heterocycles. The van der Waals surface area contributed by atoms with E-state index in [1.54, 1.807) is 0 Å². The van der Waals surface area contributed by atoms with Crippen molar-refractivity contribution < 1.29 is 5.11 Å². The molecule has 0 unspecified atom stereocenters. The second-order valence-electron chi connectivity index (χ2n) is 5.40. The first-order valence-electron chi connectivity index (χ1n) is 6.36. The van der Waals surface area contributed by atoms with E-state index in [0.717, 1.165) is 0 Å². The summed E-state index contributed by atoms with van der Waals surface area (Å²) in [6.07, 6.45) is 0. The van der Waals surface area contributed by atoms with Gasteiger partial charge < -0.3 is 5.11 Å². The molecule has 94 valence electrons. The van der Waals surface area contributed by atoms with Crippen LogP contribution in [0.1, 0.15) is 30.9 Å². The van der Waals surface area contributed by atoms with Gasteiger partial charge in [0.1, 0.15) is 0 Å². The smallest absolute Gasteiger partial charge is 0.0491 e. The number of benzene rings is 2. The molecular formula is C17H20O. The molecule has 1 N–H and O–H groups in total. The van der Waals surface area contributed by atoms with Crippen LogP contribution < -0.4 is 0 Å². The third-order valence-electron chi connectivity index (χ3n) is 3.45. The SMILES string of the molecule is CC(C)(CO)C(c1ccccc1)c1ccccc1. The van der Waals surface area contributed by atoms with E-state index in [1.807, 2.05) is 12.1 Å². The molecule has 0 saturated carbocycles. The molecule has 0 fully saturated rings. The van der Waals surface area contributed by atoms with Crippen molar-refractivity contribution in [3.05, 3.63) is 71.8 Å². The zero-order valence-corrected chi connectivity index (χ0v) is 11.0. The van der Waals surface area contributed by atoms with Crippen LogP contribution in [0.4, 0.5) is 0 Å². The van der Waals surface area contributed by atoms with E-state index in [2.05, 4.69) is 62.4 Å². The highest BCUT2D eigenvalue weighted by Crippen LogP contribution is 2.40. The third kappa shape index (κ3) is 2.62. The normalized spacial score (nSPS) is 11.8. The average molecular weight is 240 g/mol. The lowest BCUT2D eigenvalue weighted by atomic mass is 9.72. The van der Waals surface area contributed by atoms with Gasteiger partial charge in [0.25, 0.3) is 0 Å². The zero-order valence-electron chi connectivity index (χ0n) is 11.0. The Kier molecular flexibility index (Phi) is 3.83. The van der Waals surface area contributed by atoms with Crippen molar-refractivity contribution in [2.75, 3.05) is 6.61 Å². The highest BCUT2D eigenvalue weighted by atomic mass is 16.3. The molecule has 0 aliphatic carbocycles. The molecule has 0 atom stereocenters. The lowest BCUT2D eigenvalue weighted by Crippen LogP contribution is -2.27. The first-order chi connectivity index (χ1) is 8.65. The van der Waals surface area contributed by atoms with Gasteiger partial charge in [-0.15, -0.1) is 0 Å². The van der Waals surface area contributed by atoms with Crippen LogP contribution in [0, 0.1) is 5.41 Å². The topological polar surface area (TPSA) is 20.2 Å². The summed E-state index contributed by atoms with van der Waals surface area (Å²) in [6, 6.07) is 20.8. The first-order valence-corrected chi connectivity index (χ1v) is 6.36. The maximum Gasteiger partial charge on any atom is 0.0491 e. The molecule has 0 bridgehead atoms. The summed E-state index contributed by atoms with van der Waals surface area (Å²) >= 11 is 0. The Morgan fingerprint density at radius 1 is 0.833 bits per heavy atom. The van der Waals surface area contributed by atoms with E-state index >= 15 is 0 Å². The van der Waals surface area contributed by atoms with Gasteiger partial charge >= 0.3 is 0 Å². The minimum atomic E-state index is -0.178. The fourth-order valence-corrected chi connectivity index (χ4v) is 2.48. The molecule has 0 amide bonds. The molecule has 0 radical (unpaired) electrons. The van der Waals surface area contributed by atoms with E-state index in [9.17, 15) is 5.11 Å². The lowest BCUT2D eigenvalue weighted by Gasteiger charge is -2.33. The Morgan fingerprint density at radius 3 is 1.56 bits per heavy atom. The second-order valence-corrected chi connectivity index (χ2v) is 5.40. The molecule has 1 heteroatoms. The molecule has 0 saturated heterocycles. The van der Waals surface area contributed by atoms with Crippen molar-refractivity contribution in [2.45, 2.75) is 19.8 Å². The van der Waals surface area contributed by atoms with Crippen LogP contribution in [-0.4, -0.2) is 11.7 Å². The number of aliphatic hydroxyl groups excluding tert-OH is 1. The Labute approximate surface area is 109 Å². The molecule has 0 spiro atoms. The van der Waals surface area contributed by atoms with Gasteiger partial charge in [0.05, 0.1) is 0 Å². The van der Waals surface area contributed by atoms with Crippen molar-refractivity contribution in [1.82, 2.24) is 0 Å². The first kappa shape index (κ1) is 12.8. The average Bonchev–Trinajstić information content (AvgIpc) is 2.41. The molecule has 0 aliphatic rings. The van der Waals surface area contributed by atoms with E-state index in [1.165, 1.54) is 11.1 Å². The summed E-state index contributed by atoms with van der Waals surface area (Å²) < 4.78 is 0. The molecular weight excluding hydrogens is 220 g/mol. The molecule has 18 heavy (non-hydrogen) atoms. The minimum absolute atomic E-state index is 0.168. The molecule has 1 nitrogen and oxygen atoms in total. The predicted molar refractivity (Wildman–Crippen MR) is 75.6 cm³/mol. The van der Waals surface area contributed by atoms with E-state index in [4.69, 9.17) is 0 Å². The lowest BCUT2D eigenvalue weighted by molar-refractivity contribution is 0.143. The van der Waals surface area contributed by atoms with Crippen LogP contribution >= 0.6 is 0 Å². The summed E-state index contributed by atoms with van der Waals surface area (Å²) in [5, 5.41) is 9.69. The van der Waals surface area contributed by atoms with E-state index in [0.29, 0.717) is 0 Å². The molecule has 2 rings (SSSR count). The van der Waals surface area contributed by atoms with Crippen molar-refractivity contribution in [3.8, 4) is 0 Å². The van der Waals surface area contributed by atoms with Crippen molar-refractivity contribution in [1.29, 1.82) is 0 Å². The van der Waals surface area contributed by atoms with Gasteiger partial charge in [-0.05, 0) is 16.5 Å². The second kappa shape index (κ2) is 5.36. The van der Waals surface area contributed by atoms with Gasteiger partial charge in [0, 0.05) is 12.5 Å². The van der Waals surface area contributed by atoms with Gasteiger partial charge in [-0.3, -0.25) is 0 Å². The van der Waals surface area contributed by atoms with Gasteiger partial charge in [-0.25, -0.2) is 0 Å². The van der Waals surface area contributed by atoms with E-state index in [-0.39, 0.29) is 17.9 Å². The standard InChI is InChI=1S/C17H20O/c1-17(2,13-18)16(14-9-5-3-6-10-14)15-11-7-4-8-12-15/h3-12,16,18H,13H2,1-2H3. The highest BCUT2D eigenvalue weighted by molar-refractivity contribution is 5.34. The largest absolute Gasteiger partial charge is 0.396 e. The van der Waals surface area contributed by atoms with Crippen LogP contribution in [0.5, 0.6) is 0 Å². The number of aliphatic hydroxyl groups is 1. The number of rotatable bonds is 4. The maximum absolute atomic E-state index is 9.69. The van der Waals surface area contributed by atoms with Crippen molar-refractivity contribution in [3.63, 3.8) is 0 Å². The quantitative estimate of drug-likeness (QED) is 0.861. The summed E-state index contributed by atoms with van der Waals surface area (Å²) in [6.45, 7) is 4.39. The summed E-state index contributed by atoms with van der Waals surface area (Å²) in [5.41, 5.74) is 2.33. The molecule has 0 aromatic heterocycles. The summed E-state index contributed by atoms with van der Waals surface area (Å²) in [7, 11) is 0. The van der Waals surface area contributed by atoms with Crippen LogP contribution in [0.3, 0.4) is 0 Å². The third-order valence-corrected chi connectivity index (χ3v) is 3.45. The van der Waals surface area contributed by atoms with Gasteiger partial charge in [0.15, 0.2) is 0 Å². The van der Waals surface area contributed by atoms with Crippen LogP contribution in [0.25, 0.3) is 0 Å². The number of hydrogen-bond donors (Lipinski definition) is 1. The Morgan fingerprint density at radius 2 is 1.22 bits per heavy atom. The van der Waals surface area contributed by atoms with Gasteiger partial charge in [0.2, 0.25) is 0 Å². The number of hydrogen-bond acceptors (Lipinski definition) is 1. The van der Waals surface area contributed by atoms with Crippen molar-refractivity contribution >= 4 is 0 Å². The maximum atomic E-state index is 9.69. The van der Waals surface area contributed by atoms with E-state index < -0.39 is 0 Å². The molecule has 2 aromatic rings. The van der Waals surface area contributed by atoms with Gasteiger partial charge in [-0.1, -0.05) is 74.5 Å². The zero-order chi connectivity index (χ0) is 13.0. The van der Waals surface area contributed by atoms with Gasteiger partial charge in [-0.2, -0.15) is 0 Å². The highest BCUT2D eigenvalue weighted by Gasteiger charge is 2.31. The Bertz CT molecular complexity index is 434. The molecule has 2 aromatic carbocycles. The van der Waals surface area contributed by atoms with Crippen LogP contribution in [0.2, 0.25) is 0 Å². The van der Waals surface area contributed by atoms with Crippen molar-refractivity contribution in [2.24, 2.45) is 5.41 Å². The summed E-state index contributed by atoms with van der Waals surface area (Å²) in [5.74, 6) is 0.213.